The number of phenolic OH excluding ortho intramolecular Hbond substituents is 1. The molecule has 0 saturated carbocycles. The highest BCUT2D eigenvalue weighted by Crippen LogP contribution is 2.46. The van der Waals surface area contributed by atoms with Crippen LogP contribution in [0.5, 0.6) is 5.75 Å². The van der Waals surface area contributed by atoms with Crippen molar-refractivity contribution < 1.29 is 5.11 Å². The molecule has 0 aliphatic heterocycles. The maximum absolute atomic E-state index is 12.5. The molecular formula is C61H60N4O. The largest absolute Gasteiger partial charge is 0.507 e. The number of benzene rings is 6. The van der Waals surface area contributed by atoms with Gasteiger partial charge in [-0.1, -0.05) is 178 Å². The smallest absolute Gasteiger partial charge is 0.165 e. The predicted octanol–water partition coefficient (Wildman–Crippen LogP) is 16.4. The van der Waals surface area contributed by atoms with Crippen LogP contribution in [0.3, 0.4) is 0 Å². The monoisotopic (exact) mass is 864 g/mol. The number of imidazole rings is 1. The second-order valence-electron chi connectivity index (χ2n) is 20.4. The number of para-hydroxylation sites is 1. The first-order chi connectivity index (χ1) is 31.6. The lowest BCUT2D eigenvalue weighted by Gasteiger charge is -2.28. The SMILES string of the molecule is CC(C)c1cccc(C(C)C)c1-n1c(-c2cc(C(C)(C)C)cc(C(C)(C)C)c2O)nc2c(-c3cc(-c4ccccc4)cc(-c4cc(-c5ccc(-c6ccccc6)cc5)ccn4)c3)ccnc21. The van der Waals surface area contributed by atoms with E-state index in [0.29, 0.717) is 11.4 Å². The summed E-state index contributed by atoms with van der Waals surface area (Å²) in [5.74, 6) is 1.33. The molecule has 3 aromatic heterocycles. The van der Waals surface area contributed by atoms with E-state index in [1.54, 1.807) is 0 Å². The Balaban J connectivity index is 1.30. The molecule has 0 amide bonds. The van der Waals surface area contributed by atoms with Crippen molar-refractivity contribution in [2.75, 3.05) is 0 Å². The van der Waals surface area contributed by atoms with Crippen molar-refractivity contribution in [3.05, 3.63) is 186 Å². The Morgan fingerprint density at radius 3 is 1.61 bits per heavy atom. The van der Waals surface area contributed by atoms with Crippen LogP contribution < -0.4 is 0 Å². The molecule has 0 saturated heterocycles. The first-order valence-electron chi connectivity index (χ1n) is 23.3. The number of aromatic nitrogens is 4. The number of nitrogens with zero attached hydrogens (tertiary/aromatic N) is 4. The van der Waals surface area contributed by atoms with Gasteiger partial charge in [0, 0.05) is 29.1 Å². The first-order valence-corrected chi connectivity index (χ1v) is 23.3. The molecule has 9 rings (SSSR count). The Kier molecular flexibility index (Phi) is 11.6. The molecule has 66 heavy (non-hydrogen) atoms. The number of pyridine rings is 2. The molecule has 0 fully saturated rings. The highest BCUT2D eigenvalue weighted by molar-refractivity contribution is 5.96. The van der Waals surface area contributed by atoms with Crippen molar-refractivity contribution in [2.24, 2.45) is 0 Å². The maximum atomic E-state index is 12.5. The third kappa shape index (κ3) is 8.47. The summed E-state index contributed by atoms with van der Waals surface area (Å²) in [6, 6.07) is 53.8. The summed E-state index contributed by atoms with van der Waals surface area (Å²) in [6.45, 7) is 22.2. The highest BCUT2D eigenvalue weighted by atomic mass is 16.3. The molecule has 1 N–H and O–H groups in total. The number of aromatic hydroxyl groups is 1. The zero-order valence-electron chi connectivity index (χ0n) is 40.0. The van der Waals surface area contributed by atoms with Gasteiger partial charge in [-0.15, -0.1) is 0 Å². The van der Waals surface area contributed by atoms with E-state index in [2.05, 4.69) is 219 Å². The topological polar surface area (TPSA) is 63.8 Å². The minimum atomic E-state index is -0.329. The van der Waals surface area contributed by atoms with Gasteiger partial charge in [-0.3, -0.25) is 9.55 Å². The van der Waals surface area contributed by atoms with Crippen molar-refractivity contribution in [1.29, 1.82) is 0 Å². The Morgan fingerprint density at radius 2 is 1.02 bits per heavy atom. The molecule has 0 bridgehead atoms. The number of rotatable bonds is 9. The molecule has 0 unspecified atom stereocenters. The minimum Gasteiger partial charge on any atom is -0.507 e. The zero-order valence-corrected chi connectivity index (χ0v) is 40.0. The Hall–Kier alpha value is -7.11. The normalized spacial score (nSPS) is 12.1. The van der Waals surface area contributed by atoms with Crippen molar-refractivity contribution in [3.63, 3.8) is 0 Å². The quantitative estimate of drug-likeness (QED) is 0.157. The first kappa shape index (κ1) is 44.1. The summed E-state index contributed by atoms with van der Waals surface area (Å²) < 4.78 is 2.24. The van der Waals surface area contributed by atoms with E-state index >= 15 is 0 Å². The molecule has 0 atom stereocenters. The van der Waals surface area contributed by atoms with Gasteiger partial charge in [0.25, 0.3) is 0 Å². The van der Waals surface area contributed by atoms with Crippen LogP contribution in [0, 0.1) is 0 Å². The molecule has 330 valence electrons. The third-order valence-electron chi connectivity index (χ3n) is 12.9. The number of hydrogen-bond acceptors (Lipinski definition) is 4. The van der Waals surface area contributed by atoms with E-state index in [1.807, 2.05) is 18.5 Å². The Labute approximate surface area is 390 Å². The van der Waals surface area contributed by atoms with Crippen LogP contribution >= 0.6 is 0 Å². The molecular weight excluding hydrogens is 805 g/mol. The van der Waals surface area contributed by atoms with Crippen molar-refractivity contribution in [3.8, 4) is 78.6 Å². The van der Waals surface area contributed by atoms with Gasteiger partial charge in [-0.25, -0.2) is 9.97 Å². The summed E-state index contributed by atoms with van der Waals surface area (Å²) in [6.07, 6.45) is 3.82. The number of phenols is 1. The molecule has 6 aromatic carbocycles. The second-order valence-corrected chi connectivity index (χ2v) is 20.4. The van der Waals surface area contributed by atoms with Gasteiger partial charge in [0.2, 0.25) is 0 Å². The standard InChI is InChI=1S/C61H60N4O/c1-38(2)49-22-17-23-50(39(3)4)56(49)65-58(52-36-48(60(5,6)7)37-53(57(52)66)61(8,9)10)64-55-51(29-31-63-59(55)65)46-32-45(41-20-15-12-16-21-41)33-47(34-46)54-35-44(28-30-62-54)43-26-24-42(25-27-43)40-18-13-11-14-19-40/h11-39,66H,1-10H3. The van der Waals surface area contributed by atoms with Gasteiger partial charge in [0.1, 0.15) is 11.3 Å². The number of fused-ring (bicyclic) bond motifs is 1. The molecule has 5 heteroatoms. The summed E-state index contributed by atoms with van der Waals surface area (Å²) in [7, 11) is 0. The van der Waals surface area contributed by atoms with E-state index in [9.17, 15) is 5.11 Å². The summed E-state index contributed by atoms with van der Waals surface area (Å²) >= 11 is 0. The van der Waals surface area contributed by atoms with E-state index in [4.69, 9.17) is 15.0 Å². The molecule has 0 aliphatic rings. The molecule has 5 nitrogen and oxygen atoms in total. The lowest BCUT2D eigenvalue weighted by Crippen LogP contribution is -2.17. The molecule has 3 heterocycles. The highest BCUT2D eigenvalue weighted by Gasteiger charge is 2.30. The van der Waals surface area contributed by atoms with Crippen LogP contribution in [0.4, 0.5) is 0 Å². The van der Waals surface area contributed by atoms with Crippen LogP contribution in [0.15, 0.2) is 164 Å². The van der Waals surface area contributed by atoms with Gasteiger partial charge in [0.05, 0.1) is 16.9 Å². The fraction of sp³-hybridized carbons (Fsp3) is 0.230. The van der Waals surface area contributed by atoms with Gasteiger partial charge >= 0.3 is 0 Å². The van der Waals surface area contributed by atoms with Crippen molar-refractivity contribution in [2.45, 2.75) is 91.9 Å². The molecule has 0 spiro atoms. The number of hydrogen-bond donors (Lipinski definition) is 1. The van der Waals surface area contributed by atoms with Crippen LogP contribution in [0.1, 0.15) is 103 Å². The summed E-state index contributed by atoms with van der Waals surface area (Å²) in [4.78, 5) is 15.8. The average Bonchev–Trinajstić information content (AvgIpc) is 3.70. The lowest BCUT2D eigenvalue weighted by atomic mass is 9.79. The lowest BCUT2D eigenvalue weighted by molar-refractivity contribution is 0.446. The Bertz CT molecular complexity index is 3180. The van der Waals surface area contributed by atoms with Gasteiger partial charge in [-0.05, 0) is 121 Å². The maximum Gasteiger partial charge on any atom is 0.165 e. The van der Waals surface area contributed by atoms with Gasteiger partial charge < -0.3 is 5.11 Å². The van der Waals surface area contributed by atoms with Crippen LogP contribution in [0.25, 0.3) is 84.0 Å². The van der Waals surface area contributed by atoms with Gasteiger partial charge in [0.15, 0.2) is 11.5 Å². The van der Waals surface area contributed by atoms with Gasteiger partial charge in [-0.2, -0.15) is 0 Å². The summed E-state index contributed by atoms with van der Waals surface area (Å²) in [5.41, 5.74) is 17.8. The van der Waals surface area contributed by atoms with Crippen LogP contribution in [0.2, 0.25) is 0 Å². The third-order valence-corrected chi connectivity index (χ3v) is 12.9. The molecule has 0 radical (unpaired) electrons. The van der Waals surface area contributed by atoms with E-state index < -0.39 is 0 Å². The fourth-order valence-corrected chi connectivity index (χ4v) is 9.16. The van der Waals surface area contributed by atoms with Crippen LogP contribution in [-0.2, 0) is 10.8 Å². The van der Waals surface area contributed by atoms with Crippen molar-refractivity contribution in [1.82, 2.24) is 19.5 Å². The predicted molar refractivity (Wildman–Crippen MR) is 277 cm³/mol. The minimum absolute atomic E-state index is 0.188. The van der Waals surface area contributed by atoms with E-state index in [-0.39, 0.29) is 28.4 Å². The molecule has 9 aromatic rings. The fourth-order valence-electron chi connectivity index (χ4n) is 9.16. The molecule has 0 aliphatic carbocycles. The Morgan fingerprint density at radius 1 is 0.470 bits per heavy atom. The average molecular weight is 865 g/mol. The van der Waals surface area contributed by atoms with E-state index in [1.165, 1.54) is 22.3 Å². The second kappa shape index (κ2) is 17.4. The summed E-state index contributed by atoms with van der Waals surface area (Å²) in [5, 5.41) is 12.5. The zero-order chi connectivity index (χ0) is 46.5. The van der Waals surface area contributed by atoms with Crippen molar-refractivity contribution >= 4 is 11.2 Å². The van der Waals surface area contributed by atoms with E-state index in [0.717, 1.165) is 72.6 Å². The van der Waals surface area contributed by atoms with Crippen LogP contribution in [-0.4, -0.2) is 24.6 Å².